The summed E-state index contributed by atoms with van der Waals surface area (Å²) in [6, 6.07) is 23.3. The van der Waals surface area contributed by atoms with E-state index in [1.807, 2.05) is 66.5 Å². The highest BCUT2D eigenvalue weighted by Crippen LogP contribution is 2.44. The molecule has 3 aromatic carbocycles. The van der Waals surface area contributed by atoms with Gasteiger partial charge in [0.2, 0.25) is 0 Å². The van der Waals surface area contributed by atoms with Crippen LogP contribution in [0.3, 0.4) is 0 Å². The van der Waals surface area contributed by atoms with Crippen LogP contribution >= 0.6 is 0 Å². The van der Waals surface area contributed by atoms with E-state index in [2.05, 4.69) is 0 Å². The van der Waals surface area contributed by atoms with Gasteiger partial charge >= 0.3 is 0 Å². The summed E-state index contributed by atoms with van der Waals surface area (Å²) < 4.78 is 19.1. The van der Waals surface area contributed by atoms with Gasteiger partial charge in [-0.1, -0.05) is 42.5 Å². The van der Waals surface area contributed by atoms with Gasteiger partial charge in [-0.05, 0) is 42.0 Å². The Morgan fingerprint density at radius 3 is 2.33 bits per heavy atom. The Balaban J connectivity index is 1.73. The van der Waals surface area contributed by atoms with Crippen molar-refractivity contribution in [3.05, 3.63) is 107 Å². The number of carbonyl (C=O) groups is 1. The van der Waals surface area contributed by atoms with Gasteiger partial charge in [-0.25, -0.2) is 4.39 Å². The maximum absolute atomic E-state index is 14.0. The molecule has 1 atom stereocenters. The molecule has 2 aliphatic heterocycles. The number of anilines is 1. The number of aliphatic imine (C=N–C) groups is 1. The largest absolute Gasteiger partial charge is 0.497 e. The number of methoxy groups -OCH3 is 1. The van der Waals surface area contributed by atoms with Crippen LogP contribution in [-0.4, -0.2) is 43.8 Å². The Bertz CT molecular complexity index is 1230. The Morgan fingerprint density at radius 1 is 0.970 bits per heavy atom. The third-order valence-electron chi connectivity index (χ3n) is 6.13. The number of halogens is 1. The first-order valence-corrected chi connectivity index (χ1v) is 10.9. The van der Waals surface area contributed by atoms with Gasteiger partial charge in [0.1, 0.15) is 17.3 Å². The number of nitrogens with zero attached hydrogens (tertiary/aromatic N) is 3. The van der Waals surface area contributed by atoms with Crippen molar-refractivity contribution in [1.82, 2.24) is 4.90 Å². The summed E-state index contributed by atoms with van der Waals surface area (Å²) in [5.41, 5.74) is 4.79. The molecule has 0 saturated carbocycles. The molecule has 166 valence electrons. The van der Waals surface area contributed by atoms with E-state index in [0.29, 0.717) is 24.5 Å². The number of benzene rings is 3. The molecule has 0 aromatic heterocycles. The lowest BCUT2D eigenvalue weighted by Crippen LogP contribution is -2.34. The quantitative estimate of drug-likeness (QED) is 0.594. The van der Waals surface area contributed by atoms with Crippen molar-refractivity contribution in [3.63, 3.8) is 0 Å². The SMILES string of the molecule is COc1ccc(N2C(=O)C3=C(C(c4ccccc4)=NCCN3C)C2c2ccc(F)cc2)cc1. The normalized spacial score (nSPS) is 18.2. The van der Waals surface area contributed by atoms with E-state index >= 15 is 0 Å². The van der Waals surface area contributed by atoms with Crippen molar-refractivity contribution < 1.29 is 13.9 Å². The first-order chi connectivity index (χ1) is 16.1. The molecule has 0 aliphatic carbocycles. The van der Waals surface area contributed by atoms with E-state index in [1.54, 1.807) is 24.1 Å². The van der Waals surface area contributed by atoms with Crippen LogP contribution in [0.5, 0.6) is 5.75 Å². The van der Waals surface area contributed by atoms with Gasteiger partial charge in [0.25, 0.3) is 5.91 Å². The van der Waals surface area contributed by atoms with E-state index in [0.717, 1.165) is 28.1 Å². The molecule has 1 unspecified atom stereocenters. The molecule has 0 fully saturated rings. The van der Waals surface area contributed by atoms with Gasteiger partial charge in [0, 0.05) is 30.4 Å². The molecule has 3 aromatic rings. The second-order valence-electron chi connectivity index (χ2n) is 8.11. The topological polar surface area (TPSA) is 45.1 Å². The summed E-state index contributed by atoms with van der Waals surface area (Å²) in [6.45, 7) is 1.22. The molecule has 1 amide bonds. The lowest BCUT2D eigenvalue weighted by Gasteiger charge is -2.28. The highest BCUT2D eigenvalue weighted by atomic mass is 19.1. The van der Waals surface area contributed by atoms with Crippen LogP contribution in [0.4, 0.5) is 10.1 Å². The number of ether oxygens (including phenoxy) is 1. The minimum atomic E-state index is -0.444. The number of hydrogen-bond donors (Lipinski definition) is 0. The third kappa shape index (κ3) is 3.67. The average Bonchev–Trinajstić information content (AvgIpc) is 3.03. The Morgan fingerprint density at radius 2 is 1.67 bits per heavy atom. The monoisotopic (exact) mass is 441 g/mol. The van der Waals surface area contributed by atoms with Gasteiger partial charge < -0.3 is 9.64 Å². The summed E-state index contributed by atoms with van der Waals surface area (Å²) in [5, 5.41) is 0. The van der Waals surface area contributed by atoms with Gasteiger partial charge in [-0.15, -0.1) is 0 Å². The Labute approximate surface area is 192 Å². The molecule has 0 bridgehead atoms. The number of hydrogen-bond acceptors (Lipinski definition) is 4. The molecule has 5 rings (SSSR count). The second-order valence-corrected chi connectivity index (χ2v) is 8.11. The van der Waals surface area contributed by atoms with Crippen LogP contribution in [0.1, 0.15) is 17.2 Å². The number of amides is 1. The van der Waals surface area contributed by atoms with Gasteiger partial charge in [-0.3, -0.25) is 14.7 Å². The minimum Gasteiger partial charge on any atom is -0.497 e. The van der Waals surface area contributed by atoms with E-state index in [-0.39, 0.29) is 11.7 Å². The Kier molecular flexibility index (Phi) is 5.42. The summed E-state index contributed by atoms with van der Waals surface area (Å²) in [6.07, 6.45) is 0. The maximum Gasteiger partial charge on any atom is 0.275 e. The van der Waals surface area contributed by atoms with Crippen molar-refractivity contribution in [2.45, 2.75) is 6.04 Å². The fourth-order valence-corrected chi connectivity index (χ4v) is 4.54. The first-order valence-electron chi connectivity index (χ1n) is 10.9. The van der Waals surface area contributed by atoms with Gasteiger partial charge in [-0.2, -0.15) is 0 Å². The highest BCUT2D eigenvalue weighted by Gasteiger charge is 2.45. The summed E-state index contributed by atoms with van der Waals surface area (Å²) in [5.74, 6) is 0.294. The lowest BCUT2D eigenvalue weighted by atomic mass is 9.91. The van der Waals surface area contributed by atoms with Crippen LogP contribution in [0, 0.1) is 5.82 Å². The maximum atomic E-state index is 14.0. The fraction of sp³-hybridized carbons (Fsp3) is 0.185. The molecule has 0 radical (unpaired) electrons. The first kappa shape index (κ1) is 20.9. The van der Waals surface area contributed by atoms with Crippen molar-refractivity contribution >= 4 is 17.3 Å². The third-order valence-corrected chi connectivity index (χ3v) is 6.13. The van der Waals surface area contributed by atoms with Crippen LogP contribution in [-0.2, 0) is 4.79 Å². The van der Waals surface area contributed by atoms with Gasteiger partial charge in [0.05, 0.1) is 25.4 Å². The van der Waals surface area contributed by atoms with E-state index in [1.165, 1.54) is 12.1 Å². The zero-order valence-electron chi connectivity index (χ0n) is 18.5. The molecule has 0 saturated heterocycles. The average molecular weight is 442 g/mol. The van der Waals surface area contributed by atoms with Gasteiger partial charge in [0.15, 0.2) is 0 Å². The highest BCUT2D eigenvalue weighted by molar-refractivity contribution is 6.23. The van der Waals surface area contributed by atoms with E-state index < -0.39 is 6.04 Å². The van der Waals surface area contributed by atoms with Crippen molar-refractivity contribution in [1.29, 1.82) is 0 Å². The molecular formula is C27H24FN3O2. The van der Waals surface area contributed by atoms with Crippen LogP contribution in [0.2, 0.25) is 0 Å². The second kappa shape index (κ2) is 8.54. The Hall–Kier alpha value is -3.93. The molecule has 2 aliphatic rings. The molecule has 33 heavy (non-hydrogen) atoms. The van der Waals surface area contributed by atoms with E-state index in [4.69, 9.17) is 9.73 Å². The van der Waals surface area contributed by atoms with E-state index in [9.17, 15) is 9.18 Å². The molecular weight excluding hydrogens is 417 g/mol. The molecule has 0 N–H and O–H groups in total. The molecule has 0 spiro atoms. The zero-order valence-corrected chi connectivity index (χ0v) is 18.5. The van der Waals surface area contributed by atoms with Crippen LogP contribution in [0.25, 0.3) is 0 Å². The number of carbonyl (C=O) groups excluding carboxylic acids is 1. The summed E-state index contributed by atoms with van der Waals surface area (Å²) in [4.78, 5) is 22.6. The summed E-state index contributed by atoms with van der Waals surface area (Å²) >= 11 is 0. The smallest absolute Gasteiger partial charge is 0.275 e. The zero-order chi connectivity index (χ0) is 22.9. The van der Waals surface area contributed by atoms with Crippen LogP contribution in [0.15, 0.2) is 95.1 Å². The van der Waals surface area contributed by atoms with Crippen LogP contribution < -0.4 is 9.64 Å². The number of rotatable bonds is 4. The fourth-order valence-electron chi connectivity index (χ4n) is 4.54. The predicted octanol–water partition coefficient (Wildman–Crippen LogP) is 4.61. The lowest BCUT2D eigenvalue weighted by molar-refractivity contribution is -0.116. The van der Waals surface area contributed by atoms with Crippen molar-refractivity contribution in [3.8, 4) is 5.75 Å². The molecule has 5 nitrogen and oxygen atoms in total. The predicted molar refractivity (Wildman–Crippen MR) is 127 cm³/mol. The van der Waals surface area contributed by atoms with Crippen molar-refractivity contribution in [2.75, 3.05) is 32.1 Å². The molecule has 6 heteroatoms. The molecule has 2 heterocycles. The van der Waals surface area contributed by atoms with Crippen molar-refractivity contribution in [2.24, 2.45) is 4.99 Å². The minimum absolute atomic E-state index is 0.0995. The standard InChI is InChI=1S/C27H24FN3O2/c1-30-17-16-29-24(18-6-4-3-5-7-18)23-25(19-8-10-20(28)11-9-19)31(27(32)26(23)30)21-12-14-22(33-2)15-13-21/h3-15,25H,16-17H2,1-2H3. The number of likely N-dealkylation sites (N-methyl/N-ethyl adjacent to an activating group) is 1. The summed E-state index contributed by atoms with van der Waals surface area (Å²) in [7, 11) is 3.54.